The lowest BCUT2D eigenvalue weighted by molar-refractivity contribution is -0.123. The molecular weight excluding hydrogens is 324 g/mol. The molecular formula is C18H18N2O3S. The molecule has 1 aromatic carbocycles. The van der Waals surface area contributed by atoms with Crippen molar-refractivity contribution in [3.63, 3.8) is 0 Å². The number of rotatable bonds is 6. The minimum atomic E-state index is -0.326. The summed E-state index contributed by atoms with van der Waals surface area (Å²) >= 11 is 0.915. The molecule has 1 heterocycles. The van der Waals surface area contributed by atoms with Gasteiger partial charge in [0.25, 0.3) is 11.1 Å². The molecule has 6 heteroatoms. The van der Waals surface area contributed by atoms with Crippen molar-refractivity contribution >= 4 is 34.9 Å². The first-order chi connectivity index (χ1) is 11.6. The Morgan fingerprint density at radius 1 is 1.21 bits per heavy atom. The zero-order chi connectivity index (χ0) is 17.4. The number of imide groups is 1. The maximum atomic E-state index is 12.3. The topological polar surface area (TPSA) is 66.5 Å². The average Bonchev–Trinajstić information content (AvgIpc) is 2.83. The van der Waals surface area contributed by atoms with Gasteiger partial charge in [0.2, 0.25) is 5.91 Å². The van der Waals surface area contributed by atoms with E-state index in [2.05, 4.69) is 5.32 Å². The number of nitrogens with one attached hydrogen (secondary N) is 1. The third-order valence-corrected chi connectivity index (χ3v) is 4.06. The molecule has 124 valence electrons. The van der Waals surface area contributed by atoms with E-state index in [0.29, 0.717) is 4.91 Å². The Morgan fingerprint density at radius 3 is 2.67 bits per heavy atom. The number of allylic oxidation sites excluding steroid dienone is 3. The van der Waals surface area contributed by atoms with E-state index >= 15 is 0 Å². The van der Waals surface area contributed by atoms with E-state index in [1.54, 1.807) is 18.2 Å². The third-order valence-electron chi connectivity index (χ3n) is 3.16. The number of thioether (sulfide) groups is 1. The van der Waals surface area contributed by atoms with Crippen molar-refractivity contribution in [3.8, 4) is 0 Å². The van der Waals surface area contributed by atoms with E-state index in [-0.39, 0.29) is 30.1 Å². The molecule has 3 amide bonds. The van der Waals surface area contributed by atoms with Crippen LogP contribution >= 0.6 is 11.8 Å². The van der Waals surface area contributed by atoms with Crippen molar-refractivity contribution in [2.45, 2.75) is 6.92 Å². The highest BCUT2D eigenvalue weighted by atomic mass is 32.2. The number of hydrogen-bond donors (Lipinski definition) is 1. The molecule has 24 heavy (non-hydrogen) atoms. The zero-order valence-electron chi connectivity index (χ0n) is 13.3. The van der Waals surface area contributed by atoms with Crippen LogP contribution in [0.1, 0.15) is 12.5 Å². The van der Waals surface area contributed by atoms with E-state index in [1.807, 2.05) is 43.3 Å². The molecule has 1 aliphatic rings. The number of carbonyl (C=O) groups is 3. The fourth-order valence-corrected chi connectivity index (χ4v) is 2.86. The predicted octanol–water partition coefficient (Wildman–Crippen LogP) is 2.97. The van der Waals surface area contributed by atoms with Gasteiger partial charge >= 0.3 is 0 Å². The van der Waals surface area contributed by atoms with Crippen LogP contribution < -0.4 is 5.32 Å². The first-order valence-electron chi connectivity index (χ1n) is 7.49. The first kappa shape index (κ1) is 17.7. The average molecular weight is 342 g/mol. The van der Waals surface area contributed by atoms with Crippen LogP contribution in [0.3, 0.4) is 0 Å². The van der Waals surface area contributed by atoms with Gasteiger partial charge in [-0.05, 0) is 30.3 Å². The Morgan fingerprint density at radius 2 is 1.96 bits per heavy atom. The van der Waals surface area contributed by atoms with Crippen molar-refractivity contribution < 1.29 is 14.4 Å². The molecule has 1 aromatic rings. The van der Waals surface area contributed by atoms with Gasteiger partial charge < -0.3 is 5.32 Å². The van der Waals surface area contributed by atoms with Crippen molar-refractivity contribution in [2.24, 2.45) is 0 Å². The molecule has 1 aliphatic heterocycles. The van der Waals surface area contributed by atoms with Gasteiger partial charge in [-0.1, -0.05) is 48.6 Å². The Hall–Kier alpha value is -2.60. The molecule has 0 radical (unpaired) electrons. The molecule has 0 bridgehead atoms. The number of carbonyl (C=O) groups excluding carboxylic acids is 3. The van der Waals surface area contributed by atoms with Gasteiger partial charge in [0.1, 0.15) is 0 Å². The van der Waals surface area contributed by atoms with E-state index < -0.39 is 0 Å². The summed E-state index contributed by atoms with van der Waals surface area (Å²) in [6.45, 7) is 2.22. The highest BCUT2D eigenvalue weighted by Crippen LogP contribution is 2.31. The van der Waals surface area contributed by atoms with Crippen LogP contribution in [0.25, 0.3) is 6.08 Å². The fourth-order valence-electron chi connectivity index (χ4n) is 2.00. The van der Waals surface area contributed by atoms with Crippen molar-refractivity contribution in [1.82, 2.24) is 10.2 Å². The SMILES string of the molecule is C/C=C/C=C/C(=O)NCCN1C(=O)S/C(=C\c2ccccc2)C1=O. The number of nitrogens with zero attached hydrogens (tertiary/aromatic N) is 1. The summed E-state index contributed by atoms with van der Waals surface area (Å²) in [6.07, 6.45) is 8.26. The van der Waals surface area contributed by atoms with E-state index in [0.717, 1.165) is 22.2 Å². The minimum absolute atomic E-state index is 0.153. The molecule has 1 fully saturated rings. The maximum Gasteiger partial charge on any atom is 0.293 e. The summed E-state index contributed by atoms with van der Waals surface area (Å²) in [7, 11) is 0. The molecule has 0 atom stereocenters. The lowest BCUT2D eigenvalue weighted by Gasteiger charge is -2.12. The van der Waals surface area contributed by atoms with Gasteiger partial charge in [-0.3, -0.25) is 19.3 Å². The highest BCUT2D eigenvalue weighted by Gasteiger charge is 2.34. The Balaban J connectivity index is 1.90. The predicted molar refractivity (Wildman–Crippen MR) is 96.1 cm³/mol. The van der Waals surface area contributed by atoms with Crippen LogP contribution in [-0.2, 0) is 9.59 Å². The van der Waals surface area contributed by atoms with Crippen LogP contribution in [-0.4, -0.2) is 35.0 Å². The second-order valence-electron chi connectivity index (χ2n) is 4.92. The van der Waals surface area contributed by atoms with Crippen molar-refractivity contribution in [2.75, 3.05) is 13.1 Å². The lowest BCUT2D eigenvalue weighted by Crippen LogP contribution is -2.36. The Bertz CT molecular complexity index is 708. The first-order valence-corrected chi connectivity index (χ1v) is 8.31. The second kappa shape index (κ2) is 8.88. The van der Waals surface area contributed by atoms with Gasteiger partial charge in [0.15, 0.2) is 0 Å². The standard InChI is InChI=1S/C18H18N2O3S/c1-2-3-5-10-16(21)19-11-12-20-17(22)15(24-18(20)23)13-14-8-6-4-7-9-14/h2-10,13H,11-12H2,1H3,(H,19,21)/b3-2+,10-5+,15-13-. The normalized spacial score (nSPS) is 16.7. The van der Waals surface area contributed by atoms with Crippen molar-refractivity contribution in [1.29, 1.82) is 0 Å². The van der Waals surface area contributed by atoms with Crippen LogP contribution in [0.15, 0.2) is 59.5 Å². The number of benzene rings is 1. The van der Waals surface area contributed by atoms with Gasteiger partial charge in [-0.15, -0.1) is 0 Å². The molecule has 0 aromatic heterocycles. The second-order valence-corrected chi connectivity index (χ2v) is 5.91. The van der Waals surface area contributed by atoms with Gasteiger partial charge in [-0.25, -0.2) is 0 Å². The summed E-state index contributed by atoms with van der Waals surface area (Å²) in [4.78, 5) is 37.3. The van der Waals surface area contributed by atoms with E-state index in [9.17, 15) is 14.4 Å². The van der Waals surface area contributed by atoms with Crippen LogP contribution in [0.4, 0.5) is 4.79 Å². The molecule has 1 saturated heterocycles. The fraction of sp³-hybridized carbons (Fsp3) is 0.167. The van der Waals surface area contributed by atoms with Gasteiger partial charge in [0.05, 0.1) is 4.91 Å². The quantitative estimate of drug-likeness (QED) is 0.637. The summed E-state index contributed by atoms with van der Waals surface area (Å²) in [6, 6.07) is 9.35. The molecule has 2 rings (SSSR count). The molecule has 5 nitrogen and oxygen atoms in total. The molecule has 1 N–H and O–H groups in total. The maximum absolute atomic E-state index is 12.3. The number of amides is 3. The summed E-state index contributed by atoms with van der Waals surface area (Å²) in [5.41, 5.74) is 0.866. The van der Waals surface area contributed by atoms with Crippen molar-refractivity contribution in [3.05, 3.63) is 65.1 Å². The molecule has 0 spiro atoms. The number of hydrogen-bond acceptors (Lipinski definition) is 4. The van der Waals surface area contributed by atoms with Crippen LogP contribution in [0.2, 0.25) is 0 Å². The smallest absolute Gasteiger partial charge is 0.293 e. The van der Waals surface area contributed by atoms with Gasteiger partial charge in [0, 0.05) is 19.2 Å². The summed E-state index contributed by atoms with van der Waals surface area (Å²) in [5.74, 6) is -0.590. The largest absolute Gasteiger partial charge is 0.351 e. The Labute approximate surface area is 145 Å². The lowest BCUT2D eigenvalue weighted by atomic mass is 10.2. The van der Waals surface area contributed by atoms with Crippen LogP contribution in [0.5, 0.6) is 0 Å². The highest BCUT2D eigenvalue weighted by molar-refractivity contribution is 8.18. The van der Waals surface area contributed by atoms with Gasteiger partial charge in [-0.2, -0.15) is 0 Å². The molecule has 0 aliphatic carbocycles. The zero-order valence-corrected chi connectivity index (χ0v) is 14.1. The molecule has 0 unspecified atom stereocenters. The summed E-state index contributed by atoms with van der Waals surface area (Å²) < 4.78 is 0. The third kappa shape index (κ3) is 4.96. The van der Waals surface area contributed by atoms with E-state index in [4.69, 9.17) is 0 Å². The molecule has 0 saturated carbocycles. The minimum Gasteiger partial charge on any atom is -0.351 e. The Kier molecular flexibility index (Phi) is 6.57. The van der Waals surface area contributed by atoms with Crippen LogP contribution in [0, 0.1) is 0 Å². The summed E-state index contributed by atoms with van der Waals surface area (Å²) in [5, 5.41) is 2.32. The van der Waals surface area contributed by atoms with E-state index in [1.165, 1.54) is 6.08 Å². The monoisotopic (exact) mass is 342 g/mol.